The Hall–Kier alpha value is -1.67. The van der Waals surface area contributed by atoms with Crippen molar-refractivity contribution in [1.82, 2.24) is 4.98 Å². The largest absolute Gasteiger partial charge is 0.243 e. The van der Waals surface area contributed by atoms with Crippen LogP contribution in [0.15, 0.2) is 29.3 Å². The SMILES string of the molecule is C=CS(=O)(=O)c1nccc(C)c1C#N. The van der Waals surface area contributed by atoms with Gasteiger partial charge in [0.2, 0.25) is 9.84 Å². The number of sulfone groups is 1. The summed E-state index contributed by atoms with van der Waals surface area (Å²) in [7, 11) is -3.63. The van der Waals surface area contributed by atoms with E-state index >= 15 is 0 Å². The molecular formula is C9H8N2O2S. The van der Waals surface area contributed by atoms with Gasteiger partial charge in [-0.05, 0) is 18.6 Å². The monoisotopic (exact) mass is 208 g/mol. The molecule has 0 radical (unpaired) electrons. The molecule has 0 aliphatic carbocycles. The number of nitriles is 1. The number of pyridine rings is 1. The van der Waals surface area contributed by atoms with Crippen molar-refractivity contribution in [3.8, 4) is 6.07 Å². The molecule has 1 heterocycles. The molecule has 72 valence electrons. The van der Waals surface area contributed by atoms with E-state index in [9.17, 15) is 8.42 Å². The van der Waals surface area contributed by atoms with Crippen molar-refractivity contribution in [2.45, 2.75) is 11.9 Å². The molecule has 1 aromatic heterocycles. The lowest BCUT2D eigenvalue weighted by Crippen LogP contribution is -2.03. The molecule has 1 rings (SSSR count). The first kappa shape index (κ1) is 10.4. The van der Waals surface area contributed by atoms with E-state index in [1.807, 2.05) is 6.07 Å². The van der Waals surface area contributed by atoms with Gasteiger partial charge in [-0.2, -0.15) is 5.26 Å². The Morgan fingerprint density at radius 2 is 2.29 bits per heavy atom. The maximum absolute atomic E-state index is 11.4. The highest BCUT2D eigenvalue weighted by molar-refractivity contribution is 7.94. The van der Waals surface area contributed by atoms with E-state index in [1.165, 1.54) is 6.20 Å². The van der Waals surface area contributed by atoms with Gasteiger partial charge in [-0.1, -0.05) is 6.58 Å². The van der Waals surface area contributed by atoms with E-state index < -0.39 is 9.84 Å². The zero-order valence-corrected chi connectivity index (χ0v) is 8.37. The van der Waals surface area contributed by atoms with Gasteiger partial charge in [0.15, 0.2) is 5.03 Å². The van der Waals surface area contributed by atoms with Crippen LogP contribution in [0.1, 0.15) is 11.1 Å². The van der Waals surface area contributed by atoms with Crippen molar-refractivity contribution in [3.05, 3.63) is 35.4 Å². The molecule has 0 aliphatic rings. The molecule has 0 bridgehead atoms. The van der Waals surface area contributed by atoms with E-state index in [4.69, 9.17) is 5.26 Å². The zero-order chi connectivity index (χ0) is 10.8. The van der Waals surface area contributed by atoms with E-state index in [2.05, 4.69) is 11.6 Å². The maximum Gasteiger partial charge on any atom is 0.217 e. The molecule has 14 heavy (non-hydrogen) atoms. The molecule has 0 atom stereocenters. The fourth-order valence-electron chi connectivity index (χ4n) is 0.964. The Morgan fingerprint density at radius 3 is 2.79 bits per heavy atom. The first-order valence-electron chi connectivity index (χ1n) is 3.76. The van der Waals surface area contributed by atoms with Gasteiger partial charge >= 0.3 is 0 Å². The minimum absolute atomic E-state index is 0.0763. The van der Waals surface area contributed by atoms with Crippen LogP contribution in [0.25, 0.3) is 0 Å². The minimum Gasteiger partial charge on any atom is -0.243 e. The topological polar surface area (TPSA) is 70.8 Å². The summed E-state index contributed by atoms with van der Waals surface area (Å²) in [5.41, 5.74) is 0.662. The van der Waals surface area contributed by atoms with E-state index in [-0.39, 0.29) is 10.6 Å². The van der Waals surface area contributed by atoms with Crippen LogP contribution in [0.5, 0.6) is 0 Å². The van der Waals surface area contributed by atoms with Crippen molar-refractivity contribution in [3.63, 3.8) is 0 Å². The second kappa shape index (κ2) is 3.60. The van der Waals surface area contributed by atoms with Crippen LogP contribution < -0.4 is 0 Å². The summed E-state index contributed by atoms with van der Waals surface area (Å²) in [5.74, 6) is 0. The molecule has 5 heteroatoms. The lowest BCUT2D eigenvalue weighted by Gasteiger charge is -2.02. The second-order valence-electron chi connectivity index (χ2n) is 2.63. The predicted molar refractivity (Wildman–Crippen MR) is 51.1 cm³/mol. The average molecular weight is 208 g/mol. The average Bonchev–Trinajstić information content (AvgIpc) is 2.17. The van der Waals surface area contributed by atoms with E-state index in [0.717, 1.165) is 5.41 Å². The van der Waals surface area contributed by atoms with Crippen LogP contribution in [0, 0.1) is 18.3 Å². The van der Waals surface area contributed by atoms with Gasteiger partial charge in [-0.25, -0.2) is 13.4 Å². The third-order valence-corrected chi connectivity index (χ3v) is 3.01. The fraction of sp³-hybridized carbons (Fsp3) is 0.111. The summed E-state index contributed by atoms with van der Waals surface area (Å²) in [6.45, 7) is 4.83. The highest BCUT2D eigenvalue weighted by Crippen LogP contribution is 2.16. The van der Waals surface area contributed by atoms with Gasteiger partial charge in [0, 0.05) is 11.6 Å². The Bertz CT molecular complexity index is 512. The second-order valence-corrected chi connectivity index (χ2v) is 4.44. The third-order valence-electron chi connectivity index (χ3n) is 1.73. The number of hydrogen-bond donors (Lipinski definition) is 0. The molecule has 0 aliphatic heterocycles. The summed E-state index contributed by atoms with van der Waals surface area (Å²) in [4.78, 5) is 3.67. The molecule has 0 saturated carbocycles. The molecule has 0 N–H and O–H groups in total. The number of aryl methyl sites for hydroxylation is 1. The zero-order valence-electron chi connectivity index (χ0n) is 7.56. The first-order valence-corrected chi connectivity index (χ1v) is 5.31. The molecule has 4 nitrogen and oxygen atoms in total. The van der Waals surface area contributed by atoms with Gasteiger partial charge in [0.25, 0.3) is 0 Å². The quantitative estimate of drug-likeness (QED) is 0.731. The van der Waals surface area contributed by atoms with E-state index in [0.29, 0.717) is 5.56 Å². The lowest BCUT2D eigenvalue weighted by atomic mass is 10.2. The fourth-order valence-corrected chi connectivity index (χ4v) is 1.82. The first-order chi connectivity index (χ1) is 6.53. The van der Waals surface area contributed by atoms with Crippen LogP contribution in [0.3, 0.4) is 0 Å². The van der Waals surface area contributed by atoms with Crippen LogP contribution in [-0.2, 0) is 9.84 Å². The normalized spacial score (nSPS) is 10.6. The van der Waals surface area contributed by atoms with Crippen LogP contribution in [-0.4, -0.2) is 13.4 Å². The Morgan fingerprint density at radius 1 is 1.64 bits per heavy atom. The Kier molecular flexibility index (Phi) is 2.68. The Balaban J connectivity index is 3.61. The predicted octanol–water partition coefficient (Wildman–Crippen LogP) is 1.18. The van der Waals surface area contributed by atoms with E-state index in [1.54, 1.807) is 13.0 Å². The summed E-state index contributed by atoms with van der Waals surface area (Å²) in [6, 6.07) is 3.40. The standard InChI is InChI=1S/C9H8N2O2S/c1-3-14(12,13)9-8(6-10)7(2)4-5-11-9/h3-5H,1H2,2H3. The lowest BCUT2D eigenvalue weighted by molar-refractivity contribution is 0.600. The number of hydrogen-bond acceptors (Lipinski definition) is 4. The Labute approximate surface area is 82.4 Å². The maximum atomic E-state index is 11.4. The van der Waals surface area contributed by atoms with Crippen molar-refractivity contribution in [1.29, 1.82) is 5.26 Å². The van der Waals surface area contributed by atoms with Crippen LogP contribution in [0.4, 0.5) is 0 Å². The highest BCUT2D eigenvalue weighted by Gasteiger charge is 2.17. The molecule has 0 spiro atoms. The van der Waals surface area contributed by atoms with Crippen molar-refractivity contribution in [2.75, 3.05) is 0 Å². The van der Waals surface area contributed by atoms with Gasteiger partial charge in [0.1, 0.15) is 6.07 Å². The van der Waals surface area contributed by atoms with Gasteiger partial charge < -0.3 is 0 Å². The van der Waals surface area contributed by atoms with Gasteiger partial charge in [0.05, 0.1) is 5.56 Å². The summed E-state index contributed by atoms with van der Waals surface area (Å²) < 4.78 is 22.8. The van der Waals surface area contributed by atoms with Crippen LogP contribution in [0.2, 0.25) is 0 Å². The smallest absolute Gasteiger partial charge is 0.217 e. The van der Waals surface area contributed by atoms with Gasteiger partial charge in [-0.15, -0.1) is 0 Å². The number of nitrogens with zero attached hydrogens (tertiary/aromatic N) is 2. The molecule has 0 unspecified atom stereocenters. The van der Waals surface area contributed by atoms with Gasteiger partial charge in [-0.3, -0.25) is 0 Å². The van der Waals surface area contributed by atoms with Crippen molar-refractivity contribution in [2.24, 2.45) is 0 Å². The summed E-state index contributed by atoms with van der Waals surface area (Å²) >= 11 is 0. The highest BCUT2D eigenvalue weighted by atomic mass is 32.2. The van der Waals surface area contributed by atoms with Crippen LogP contribution >= 0.6 is 0 Å². The third kappa shape index (κ3) is 1.65. The summed E-state index contributed by atoms with van der Waals surface area (Å²) in [6.07, 6.45) is 1.35. The molecular weight excluding hydrogens is 200 g/mol. The molecule has 1 aromatic rings. The molecule has 0 saturated heterocycles. The molecule has 0 aromatic carbocycles. The molecule has 0 fully saturated rings. The van der Waals surface area contributed by atoms with Crippen molar-refractivity contribution >= 4 is 9.84 Å². The number of aromatic nitrogens is 1. The summed E-state index contributed by atoms with van der Waals surface area (Å²) in [5, 5.41) is 9.33. The minimum atomic E-state index is -3.63. The molecule has 0 amide bonds. The van der Waals surface area contributed by atoms with Crippen molar-refractivity contribution < 1.29 is 8.42 Å². The number of rotatable bonds is 2.